The molecular weight excluding hydrogens is 272 g/mol. The Balaban J connectivity index is 1.81. The van der Waals surface area contributed by atoms with Crippen molar-refractivity contribution in [2.24, 2.45) is 0 Å². The van der Waals surface area contributed by atoms with Gasteiger partial charge < -0.3 is 15.2 Å². The quantitative estimate of drug-likeness (QED) is 0.849. The van der Waals surface area contributed by atoms with Crippen LogP contribution in [0.2, 0.25) is 0 Å². The molecule has 0 bridgehead atoms. The summed E-state index contributed by atoms with van der Waals surface area (Å²) in [4.78, 5) is 2.49. The number of hydrogen-bond donors (Lipinski definition) is 1. The van der Waals surface area contributed by atoms with Gasteiger partial charge in [0, 0.05) is 46.9 Å². The maximum absolute atomic E-state index is 6.01. The lowest BCUT2D eigenvalue weighted by Crippen LogP contribution is -2.42. The highest BCUT2D eigenvalue weighted by Crippen LogP contribution is 2.34. The van der Waals surface area contributed by atoms with Crippen molar-refractivity contribution in [3.63, 3.8) is 0 Å². The van der Waals surface area contributed by atoms with Crippen LogP contribution in [-0.2, 0) is 17.9 Å². The fourth-order valence-electron chi connectivity index (χ4n) is 2.93. The number of nitrogens with two attached hydrogens (primary N) is 1. The predicted molar refractivity (Wildman–Crippen MR) is 83.0 cm³/mol. The molecule has 2 heterocycles. The number of nitrogens with zero attached hydrogens (tertiary/aromatic N) is 1. The Kier molecular flexibility index (Phi) is 3.84. The third kappa shape index (κ3) is 3.05. The van der Waals surface area contributed by atoms with Crippen molar-refractivity contribution in [3.05, 3.63) is 23.3 Å². The molecule has 0 saturated carbocycles. The van der Waals surface area contributed by atoms with Gasteiger partial charge in [-0.1, -0.05) is 0 Å². The Bertz CT molecular complexity index is 505. The van der Waals surface area contributed by atoms with Crippen LogP contribution in [0.1, 0.15) is 25.0 Å². The Morgan fingerprint density at radius 2 is 2.25 bits per heavy atom. The van der Waals surface area contributed by atoms with E-state index in [9.17, 15) is 0 Å². The van der Waals surface area contributed by atoms with E-state index >= 15 is 0 Å². The maximum Gasteiger partial charge on any atom is 0.189 e. The summed E-state index contributed by atoms with van der Waals surface area (Å²) in [5, 5.41) is 0. The van der Waals surface area contributed by atoms with Crippen LogP contribution in [-0.4, -0.2) is 35.3 Å². The standard InChI is InChI=1S/C15H22N2O2S/c1-15(2)9-17(3-4-20-15)7-11-5-13(16)6-12-8-18-10-19-14(11)12/h5-6H,3-4,7-10,16H2,1-2H3. The molecule has 0 unspecified atom stereocenters. The largest absolute Gasteiger partial charge is 0.467 e. The number of rotatable bonds is 2. The van der Waals surface area contributed by atoms with E-state index in [2.05, 4.69) is 18.7 Å². The van der Waals surface area contributed by atoms with Crippen molar-refractivity contribution < 1.29 is 9.47 Å². The normalized spacial score (nSPS) is 22.1. The molecule has 5 heteroatoms. The Morgan fingerprint density at radius 3 is 3.05 bits per heavy atom. The van der Waals surface area contributed by atoms with Crippen LogP contribution in [0.5, 0.6) is 5.75 Å². The Morgan fingerprint density at radius 1 is 1.40 bits per heavy atom. The zero-order valence-corrected chi connectivity index (χ0v) is 13.0. The molecule has 0 radical (unpaired) electrons. The topological polar surface area (TPSA) is 47.7 Å². The predicted octanol–water partition coefficient (Wildman–Crippen LogP) is 2.46. The van der Waals surface area contributed by atoms with E-state index in [4.69, 9.17) is 15.2 Å². The SMILES string of the molecule is CC1(C)CN(Cc2cc(N)cc3c2OCOC3)CCS1. The number of thioether (sulfide) groups is 1. The molecule has 1 fully saturated rings. The van der Waals surface area contributed by atoms with Crippen LogP contribution in [0.4, 0.5) is 5.69 Å². The second-order valence-corrected chi connectivity index (χ2v) is 7.90. The molecule has 4 nitrogen and oxygen atoms in total. The molecule has 110 valence electrons. The Hall–Kier alpha value is -0.910. The van der Waals surface area contributed by atoms with Crippen molar-refractivity contribution in [1.82, 2.24) is 4.90 Å². The van der Waals surface area contributed by atoms with E-state index in [1.165, 1.54) is 11.3 Å². The van der Waals surface area contributed by atoms with Gasteiger partial charge in [-0.15, -0.1) is 0 Å². The molecule has 20 heavy (non-hydrogen) atoms. The zero-order valence-electron chi connectivity index (χ0n) is 12.1. The molecular formula is C15H22N2O2S. The number of fused-ring (bicyclic) bond motifs is 1. The first-order valence-electron chi connectivity index (χ1n) is 7.02. The average molecular weight is 294 g/mol. The van der Waals surface area contributed by atoms with Gasteiger partial charge in [0.15, 0.2) is 6.79 Å². The van der Waals surface area contributed by atoms with Crippen LogP contribution < -0.4 is 10.5 Å². The minimum Gasteiger partial charge on any atom is -0.467 e. The van der Waals surface area contributed by atoms with Crippen LogP contribution in [0.3, 0.4) is 0 Å². The average Bonchev–Trinajstić information content (AvgIpc) is 2.37. The monoisotopic (exact) mass is 294 g/mol. The third-order valence-corrected chi connectivity index (χ3v) is 5.01. The van der Waals surface area contributed by atoms with Crippen molar-refractivity contribution in [3.8, 4) is 5.75 Å². The summed E-state index contributed by atoms with van der Waals surface area (Å²) < 4.78 is 11.3. The van der Waals surface area contributed by atoms with Crippen LogP contribution in [0.25, 0.3) is 0 Å². The van der Waals surface area contributed by atoms with Crippen LogP contribution in [0.15, 0.2) is 12.1 Å². The summed E-state index contributed by atoms with van der Waals surface area (Å²) in [7, 11) is 0. The van der Waals surface area contributed by atoms with Crippen LogP contribution >= 0.6 is 11.8 Å². The molecule has 2 aliphatic rings. The van der Waals surface area contributed by atoms with Gasteiger partial charge in [-0.25, -0.2) is 0 Å². The van der Waals surface area contributed by atoms with Crippen LogP contribution in [0, 0.1) is 0 Å². The molecule has 2 N–H and O–H groups in total. The first-order chi connectivity index (χ1) is 9.53. The fourth-order valence-corrected chi connectivity index (χ4v) is 4.11. The van der Waals surface area contributed by atoms with E-state index in [0.29, 0.717) is 18.1 Å². The van der Waals surface area contributed by atoms with E-state index in [0.717, 1.165) is 36.6 Å². The second kappa shape index (κ2) is 5.47. The molecule has 1 saturated heterocycles. The lowest BCUT2D eigenvalue weighted by atomic mass is 10.1. The van der Waals surface area contributed by atoms with Crippen molar-refractivity contribution in [1.29, 1.82) is 0 Å². The Labute approximate surface area is 124 Å². The maximum atomic E-state index is 6.01. The fraction of sp³-hybridized carbons (Fsp3) is 0.600. The minimum atomic E-state index is 0.322. The van der Waals surface area contributed by atoms with Gasteiger partial charge >= 0.3 is 0 Å². The lowest BCUT2D eigenvalue weighted by molar-refractivity contribution is -0.0174. The summed E-state index contributed by atoms with van der Waals surface area (Å²) >= 11 is 2.05. The van der Waals surface area contributed by atoms with Crippen molar-refractivity contribution in [2.75, 3.05) is 31.4 Å². The van der Waals surface area contributed by atoms with Gasteiger partial charge in [-0.3, -0.25) is 4.90 Å². The molecule has 0 spiro atoms. The third-order valence-electron chi connectivity index (χ3n) is 3.71. The second-order valence-electron chi connectivity index (χ2n) is 6.10. The lowest BCUT2D eigenvalue weighted by Gasteiger charge is -2.38. The first-order valence-corrected chi connectivity index (χ1v) is 8.00. The summed E-state index contributed by atoms with van der Waals surface area (Å²) in [5.74, 6) is 2.16. The molecule has 0 atom stereocenters. The highest BCUT2D eigenvalue weighted by molar-refractivity contribution is 8.00. The molecule has 3 rings (SSSR count). The zero-order chi connectivity index (χ0) is 14.2. The highest BCUT2D eigenvalue weighted by Gasteiger charge is 2.28. The smallest absolute Gasteiger partial charge is 0.189 e. The van der Waals surface area contributed by atoms with Gasteiger partial charge in [0.2, 0.25) is 0 Å². The molecule has 0 aliphatic carbocycles. The molecule has 2 aliphatic heterocycles. The number of hydrogen-bond acceptors (Lipinski definition) is 5. The summed E-state index contributed by atoms with van der Waals surface area (Å²) in [6.45, 7) is 8.66. The van der Waals surface area contributed by atoms with Gasteiger partial charge in [-0.2, -0.15) is 11.8 Å². The van der Waals surface area contributed by atoms with E-state index in [-0.39, 0.29) is 0 Å². The highest BCUT2D eigenvalue weighted by atomic mass is 32.2. The number of anilines is 1. The van der Waals surface area contributed by atoms with Crippen molar-refractivity contribution >= 4 is 17.4 Å². The van der Waals surface area contributed by atoms with E-state index in [1.54, 1.807) is 0 Å². The van der Waals surface area contributed by atoms with Gasteiger partial charge in [0.05, 0.1) is 6.61 Å². The summed E-state index contributed by atoms with van der Waals surface area (Å²) in [6.07, 6.45) is 0. The summed E-state index contributed by atoms with van der Waals surface area (Å²) in [5.41, 5.74) is 9.05. The molecule has 0 aromatic heterocycles. The molecule has 1 aromatic rings. The number of nitrogen functional groups attached to an aromatic ring is 1. The van der Waals surface area contributed by atoms with Gasteiger partial charge in [-0.05, 0) is 26.0 Å². The van der Waals surface area contributed by atoms with Crippen molar-refractivity contribution in [2.45, 2.75) is 31.7 Å². The number of ether oxygens (including phenoxy) is 2. The number of benzene rings is 1. The van der Waals surface area contributed by atoms with Gasteiger partial charge in [0.25, 0.3) is 0 Å². The molecule has 0 amide bonds. The molecule has 1 aromatic carbocycles. The van der Waals surface area contributed by atoms with Gasteiger partial charge in [0.1, 0.15) is 5.75 Å². The van der Waals surface area contributed by atoms with E-state index in [1.807, 2.05) is 23.9 Å². The minimum absolute atomic E-state index is 0.322. The first kappa shape index (κ1) is 14.0. The summed E-state index contributed by atoms with van der Waals surface area (Å²) in [6, 6.07) is 3.99. The van der Waals surface area contributed by atoms with E-state index < -0.39 is 0 Å².